The molecule has 5 rings (SSSR count). The zero-order valence-corrected chi connectivity index (χ0v) is 20.9. The molecule has 1 fully saturated rings. The molecule has 8 nitrogen and oxygen atoms in total. The van der Waals surface area contributed by atoms with Crippen molar-refractivity contribution in [3.63, 3.8) is 0 Å². The molecule has 1 atom stereocenters. The molecule has 0 radical (unpaired) electrons. The van der Waals surface area contributed by atoms with E-state index in [2.05, 4.69) is 15.6 Å². The number of benzene rings is 3. The Bertz CT molecular complexity index is 1350. The molecule has 0 aliphatic heterocycles. The number of nitrogens with zero attached hydrogens (tertiary/aromatic N) is 4. The molecule has 0 saturated heterocycles. The van der Waals surface area contributed by atoms with E-state index in [4.69, 9.17) is 4.74 Å². The Labute approximate surface area is 216 Å². The van der Waals surface area contributed by atoms with Gasteiger partial charge in [-0.3, -0.25) is 9.59 Å². The summed E-state index contributed by atoms with van der Waals surface area (Å²) in [7, 11) is 1.62. The van der Waals surface area contributed by atoms with Gasteiger partial charge in [-0.05, 0) is 48.2 Å². The molecule has 1 aliphatic carbocycles. The minimum atomic E-state index is -0.786. The summed E-state index contributed by atoms with van der Waals surface area (Å²) >= 11 is 0. The third kappa shape index (κ3) is 5.63. The van der Waals surface area contributed by atoms with Crippen LogP contribution in [0.3, 0.4) is 0 Å². The first-order valence-electron chi connectivity index (χ1n) is 12.7. The van der Waals surface area contributed by atoms with Crippen molar-refractivity contribution in [1.29, 1.82) is 0 Å². The lowest BCUT2D eigenvalue weighted by Gasteiger charge is -2.32. The maximum Gasteiger partial charge on any atom is 0.247 e. The molecule has 2 amide bonds. The van der Waals surface area contributed by atoms with Crippen molar-refractivity contribution in [3.8, 4) is 5.75 Å². The molecule has 0 unspecified atom stereocenters. The molecule has 1 saturated carbocycles. The second kappa shape index (κ2) is 11.2. The van der Waals surface area contributed by atoms with Crippen molar-refractivity contribution in [2.24, 2.45) is 0 Å². The van der Waals surface area contributed by atoms with Gasteiger partial charge in [0.05, 0.1) is 12.6 Å². The fourth-order valence-corrected chi connectivity index (χ4v) is 4.96. The Morgan fingerprint density at radius 1 is 1.00 bits per heavy atom. The fourth-order valence-electron chi connectivity index (χ4n) is 4.96. The Kier molecular flexibility index (Phi) is 7.44. The van der Waals surface area contributed by atoms with Crippen LogP contribution in [0.2, 0.25) is 0 Å². The Balaban J connectivity index is 1.50. The predicted octanol–water partition coefficient (Wildman–Crippen LogP) is 4.27. The van der Waals surface area contributed by atoms with Crippen LogP contribution in [0.1, 0.15) is 42.9 Å². The lowest BCUT2D eigenvalue weighted by Crippen LogP contribution is -2.46. The topological polar surface area (TPSA) is 89.3 Å². The normalized spacial score (nSPS) is 14.4. The van der Waals surface area contributed by atoms with Gasteiger partial charge in [-0.2, -0.15) is 0 Å². The number of rotatable bonds is 9. The molecule has 1 aromatic heterocycles. The van der Waals surface area contributed by atoms with Crippen LogP contribution in [0.4, 0.5) is 0 Å². The van der Waals surface area contributed by atoms with E-state index >= 15 is 0 Å². The van der Waals surface area contributed by atoms with Crippen LogP contribution >= 0.6 is 0 Å². The van der Waals surface area contributed by atoms with Crippen LogP contribution in [0.25, 0.3) is 11.0 Å². The standard InChI is InChI=1S/C29H31N5O3/c1-37-24-17-15-21(16-18-24)19-33(27(35)20-34-26-14-8-7-13-25(26)31-32-34)28(22-9-3-2-4-10-22)29(36)30-23-11-5-6-12-23/h2-4,7-10,13-18,23,28H,5-6,11-12,19-20H2,1H3,(H,30,36)/t28-/m1/s1. The highest BCUT2D eigenvalue weighted by Gasteiger charge is 2.33. The van der Waals surface area contributed by atoms with Crippen molar-refractivity contribution in [1.82, 2.24) is 25.2 Å². The molecule has 0 bridgehead atoms. The third-order valence-corrected chi connectivity index (χ3v) is 6.91. The Morgan fingerprint density at radius 3 is 2.43 bits per heavy atom. The summed E-state index contributed by atoms with van der Waals surface area (Å²) in [6.07, 6.45) is 4.14. The van der Waals surface area contributed by atoms with Crippen LogP contribution in [-0.4, -0.2) is 44.9 Å². The first kappa shape index (κ1) is 24.5. The number of carbonyl (C=O) groups is 2. The molecule has 0 spiro atoms. The number of aromatic nitrogens is 3. The number of amides is 2. The molecule has 37 heavy (non-hydrogen) atoms. The number of carbonyl (C=O) groups excluding carboxylic acids is 2. The van der Waals surface area contributed by atoms with Crippen molar-refractivity contribution in [3.05, 3.63) is 90.0 Å². The van der Waals surface area contributed by atoms with Gasteiger partial charge < -0.3 is 15.0 Å². The average Bonchev–Trinajstić information content (AvgIpc) is 3.59. The number of methoxy groups -OCH3 is 1. The van der Waals surface area contributed by atoms with E-state index in [0.29, 0.717) is 0 Å². The average molecular weight is 498 g/mol. The fraction of sp³-hybridized carbons (Fsp3) is 0.310. The second-order valence-corrected chi connectivity index (χ2v) is 9.41. The maximum atomic E-state index is 14.0. The van der Waals surface area contributed by atoms with Crippen LogP contribution in [0.15, 0.2) is 78.9 Å². The van der Waals surface area contributed by atoms with E-state index in [1.54, 1.807) is 16.7 Å². The summed E-state index contributed by atoms with van der Waals surface area (Å²) in [4.78, 5) is 29.4. The number of fused-ring (bicyclic) bond motifs is 1. The highest BCUT2D eigenvalue weighted by molar-refractivity contribution is 5.89. The van der Waals surface area contributed by atoms with Gasteiger partial charge in [-0.1, -0.05) is 72.7 Å². The summed E-state index contributed by atoms with van der Waals surface area (Å²) in [5.74, 6) is 0.347. The lowest BCUT2D eigenvalue weighted by molar-refractivity contribution is -0.142. The van der Waals surface area contributed by atoms with E-state index in [1.807, 2.05) is 78.9 Å². The first-order chi connectivity index (χ1) is 18.1. The maximum absolute atomic E-state index is 14.0. The molecule has 190 valence electrons. The molecule has 1 heterocycles. The molecule has 8 heteroatoms. The summed E-state index contributed by atoms with van der Waals surface area (Å²) in [5, 5.41) is 11.6. The van der Waals surface area contributed by atoms with E-state index in [0.717, 1.165) is 53.6 Å². The summed E-state index contributed by atoms with van der Waals surface area (Å²) in [5.41, 5.74) is 3.15. The van der Waals surface area contributed by atoms with Gasteiger partial charge in [0.25, 0.3) is 0 Å². The van der Waals surface area contributed by atoms with Crippen molar-refractivity contribution in [2.75, 3.05) is 7.11 Å². The van der Waals surface area contributed by atoms with Gasteiger partial charge in [0, 0.05) is 12.6 Å². The molecular weight excluding hydrogens is 466 g/mol. The quantitative estimate of drug-likeness (QED) is 0.373. The number of nitrogens with one attached hydrogen (secondary N) is 1. The van der Waals surface area contributed by atoms with Gasteiger partial charge in [0.2, 0.25) is 11.8 Å². The minimum Gasteiger partial charge on any atom is -0.497 e. The summed E-state index contributed by atoms with van der Waals surface area (Å²) < 4.78 is 6.89. The van der Waals surface area contributed by atoms with Crippen LogP contribution in [0, 0.1) is 0 Å². The monoisotopic (exact) mass is 497 g/mol. The highest BCUT2D eigenvalue weighted by Crippen LogP contribution is 2.27. The third-order valence-electron chi connectivity index (χ3n) is 6.91. The van der Waals surface area contributed by atoms with E-state index in [1.165, 1.54) is 0 Å². The predicted molar refractivity (Wildman–Crippen MR) is 141 cm³/mol. The number of para-hydroxylation sites is 1. The number of hydrogen-bond donors (Lipinski definition) is 1. The zero-order valence-electron chi connectivity index (χ0n) is 20.9. The van der Waals surface area contributed by atoms with Crippen molar-refractivity contribution >= 4 is 22.8 Å². The van der Waals surface area contributed by atoms with Gasteiger partial charge in [0.15, 0.2) is 0 Å². The van der Waals surface area contributed by atoms with E-state index in [9.17, 15) is 9.59 Å². The van der Waals surface area contributed by atoms with Gasteiger partial charge in [-0.25, -0.2) is 4.68 Å². The minimum absolute atomic E-state index is 0.0310. The Morgan fingerprint density at radius 2 is 1.70 bits per heavy atom. The van der Waals surface area contributed by atoms with Gasteiger partial charge in [-0.15, -0.1) is 5.10 Å². The van der Waals surface area contributed by atoms with Gasteiger partial charge in [0.1, 0.15) is 23.9 Å². The van der Waals surface area contributed by atoms with Crippen LogP contribution in [-0.2, 0) is 22.7 Å². The molecular formula is C29H31N5O3. The smallest absolute Gasteiger partial charge is 0.247 e. The molecule has 1 N–H and O–H groups in total. The van der Waals surface area contributed by atoms with Crippen LogP contribution < -0.4 is 10.1 Å². The van der Waals surface area contributed by atoms with Crippen LogP contribution in [0.5, 0.6) is 5.75 Å². The summed E-state index contributed by atoms with van der Waals surface area (Å²) in [6, 6.07) is 23.9. The van der Waals surface area contributed by atoms with E-state index in [-0.39, 0.29) is 30.9 Å². The first-order valence-corrected chi connectivity index (χ1v) is 12.7. The van der Waals surface area contributed by atoms with Gasteiger partial charge >= 0.3 is 0 Å². The van der Waals surface area contributed by atoms with Crippen molar-refractivity contribution < 1.29 is 14.3 Å². The number of hydrogen-bond acceptors (Lipinski definition) is 5. The molecule has 4 aromatic rings. The van der Waals surface area contributed by atoms with Crippen molar-refractivity contribution in [2.45, 2.75) is 50.9 Å². The molecule has 3 aromatic carbocycles. The lowest BCUT2D eigenvalue weighted by atomic mass is 10.0. The Hall–Kier alpha value is -4.20. The van der Waals surface area contributed by atoms with E-state index < -0.39 is 6.04 Å². The second-order valence-electron chi connectivity index (χ2n) is 9.41. The highest BCUT2D eigenvalue weighted by atomic mass is 16.5. The number of ether oxygens (including phenoxy) is 1. The largest absolute Gasteiger partial charge is 0.497 e. The molecule has 1 aliphatic rings. The summed E-state index contributed by atoms with van der Waals surface area (Å²) in [6.45, 7) is 0.226. The SMILES string of the molecule is COc1ccc(CN(C(=O)Cn2nnc3ccccc32)[C@@H](C(=O)NC2CCCC2)c2ccccc2)cc1. The zero-order chi connectivity index (χ0) is 25.6.